The van der Waals surface area contributed by atoms with E-state index in [2.05, 4.69) is 118 Å². The van der Waals surface area contributed by atoms with Crippen LogP contribution in [0.4, 0.5) is 0 Å². The molecule has 0 heterocycles. The van der Waals surface area contributed by atoms with E-state index in [0.717, 1.165) is 109 Å². The maximum atomic E-state index is 12.9. The van der Waals surface area contributed by atoms with Crippen molar-refractivity contribution in [3.63, 3.8) is 0 Å². The lowest BCUT2D eigenvalue weighted by Crippen LogP contribution is -2.30. The molecule has 77 heavy (non-hydrogen) atoms. The van der Waals surface area contributed by atoms with Gasteiger partial charge in [-0.05, 0) is 103 Å². The molecule has 0 rings (SSSR count). The molecule has 0 fully saturated rings. The van der Waals surface area contributed by atoms with Crippen molar-refractivity contribution in [1.82, 2.24) is 0 Å². The van der Waals surface area contributed by atoms with Crippen molar-refractivity contribution in [2.45, 2.75) is 322 Å². The molecule has 0 amide bonds. The smallest absolute Gasteiger partial charge is 0.306 e. The molecule has 6 nitrogen and oxygen atoms in total. The van der Waals surface area contributed by atoms with Crippen LogP contribution in [0.5, 0.6) is 0 Å². The zero-order chi connectivity index (χ0) is 55.7. The Labute approximate surface area is 477 Å². The molecule has 0 aliphatic carbocycles. The fourth-order valence-electron chi connectivity index (χ4n) is 9.18. The van der Waals surface area contributed by atoms with Crippen LogP contribution in [-0.4, -0.2) is 37.2 Å². The summed E-state index contributed by atoms with van der Waals surface area (Å²) >= 11 is 0. The molecule has 0 N–H and O–H groups in total. The summed E-state index contributed by atoms with van der Waals surface area (Å²) in [6, 6.07) is 0. The summed E-state index contributed by atoms with van der Waals surface area (Å²) < 4.78 is 16.9. The van der Waals surface area contributed by atoms with Gasteiger partial charge in [0.2, 0.25) is 0 Å². The van der Waals surface area contributed by atoms with Gasteiger partial charge in [0.1, 0.15) is 13.2 Å². The van der Waals surface area contributed by atoms with Gasteiger partial charge >= 0.3 is 17.9 Å². The molecule has 0 aromatic carbocycles. The van der Waals surface area contributed by atoms with Gasteiger partial charge in [-0.15, -0.1) is 0 Å². The maximum absolute atomic E-state index is 12.9. The van der Waals surface area contributed by atoms with Crippen LogP contribution in [-0.2, 0) is 28.6 Å². The van der Waals surface area contributed by atoms with E-state index in [-0.39, 0.29) is 31.1 Å². The molecule has 0 aromatic rings. The van der Waals surface area contributed by atoms with E-state index < -0.39 is 6.10 Å². The van der Waals surface area contributed by atoms with Gasteiger partial charge in [0, 0.05) is 19.3 Å². The standard InChI is InChI=1S/C71H122O6/c1-4-7-10-13-16-19-22-24-26-28-29-30-31-32-33-34-35-36-37-38-39-40-41-43-44-46-49-52-55-58-61-64-70(73)76-67-68(66-75-69(72)63-60-57-54-51-48-21-18-15-12-9-6-3)77-71(74)65-62-59-56-53-50-47-45-42-27-25-23-20-17-14-11-8-5-2/h7,10,16,19,24-27,29-30,32-33,35-36,38-39,68H,4-6,8-9,11-15,17-18,20-23,28,31,34,37,40-67H2,1-3H3/b10-7-,19-16-,26-24-,27-25-,30-29-,33-32-,36-35-,39-38-. The maximum Gasteiger partial charge on any atom is 0.306 e. The molecule has 442 valence electrons. The predicted molar refractivity (Wildman–Crippen MR) is 334 cm³/mol. The number of unbranched alkanes of at least 4 members (excludes halogenated alkanes) is 32. The third-order valence-corrected chi connectivity index (χ3v) is 14.1. The normalized spacial score (nSPS) is 12.7. The Morgan fingerprint density at radius 3 is 0.805 bits per heavy atom. The average Bonchev–Trinajstić information content (AvgIpc) is 3.43. The first-order valence-corrected chi connectivity index (χ1v) is 32.7. The molecule has 0 aromatic heterocycles. The van der Waals surface area contributed by atoms with Crippen molar-refractivity contribution in [3.05, 3.63) is 97.2 Å². The van der Waals surface area contributed by atoms with Gasteiger partial charge in [0.25, 0.3) is 0 Å². The highest BCUT2D eigenvalue weighted by molar-refractivity contribution is 5.71. The molecule has 0 aliphatic rings. The van der Waals surface area contributed by atoms with Crippen molar-refractivity contribution in [3.8, 4) is 0 Å². The predicted octanol–water partition coefficient (Wildman–Crippen LogP) is 22.4. The van der Waals surface area contributed by atoms with E-state index in [9.17, 15) is 14.4 Å². The molecule has 6 heteroatoms. The van der Waals surface area contributed by atoms with Gasteiger partial charge < -0.3 is 14.2 Å². The third kappa shape index (κ3) is 63.0. The second kappa shape index (κ2) is 64.9. The Morgan fingerprint density at radius 1 is 0.273 bits per heavy atom. The second-order valence-electron chi connectivity index (χ2n) is 21.6. The monoisotopic (exact) mass is 1070 g/mol. The summed E-state index contributed by atoms with van der Waals surface area (Å²) in [4.78, 5) is 38.3. The summed E-state index contributed by atoms with van der Waals surface area (Å²) in [6.07, 6.45) is 87.0. The van der Waals surface area contributed by atoms with E-state index in [1.807, 2.05) is 0 Å². The summed E-state index contributed by atoms with van der Waals surface area (Å²) in [5.74, 6) is -0.878. The molecular formula is C71H122O6. The number of rotatable bonds is 59. The molecule has 0 radical (unpaired) electrons. The Hall–Kier alpha value is -3.67. The van der Waals surface area contributed by atoms with Gasteiger partial charge in [-0.1, -0.05) is 291 Å². The highest BCUT2D eigenvalue weighted by atomic mass is 16.6. The van der Waals surface area contributed by atoms with Gasteiger partial charge in [-0.2, -0.15) is 0 Å². The molecule has 0 saturated carbocycles. The quantitative estimate of drug-likeness (QED) is 0.0261. The number of carbonyl (C=O) groups excluding carboxylic acids is 3. The SMILES string of the molecule is CC/C=C\C/C=C\C/C=C\C/C=C\C/C=C\C/C=C\C/C=C\CCCCCCCCCCCC(=O)OCC(COC(=O)CCCCCCCCCCCCC)OC(=O)CCCCCCCCC/C=C\CCCCCCCC. The molecule has 0 aliphatic heterocycles. The molecule has 0 saturated heterocycles. The topological polar surface area (TPSA) is 78.9 Å². The van der Waals surface area contributed by atoms with Crippen LogP contribution in [0.15, 0.2) is 97.2 Å². The minimum absolute atomic E-state index is 0.0775. The van der Waals surface area contributed by atoms with Crippen LogP contribution >= 0.6 is 0 Å². The van der Waals surface area contributed by atoms with Crippen LogP contribution in [0.1, 0.15) is 316 Å². The fraction of sp³-hybridized carbons (Fsp3) is 0.732. The van der Waals surface area contributed by atoms with Crippen molar-refractivity contribution in [1.29, 1.82) is 0 Å². The zero-order valence-corrected chi connectivity index (χ0v) is 50.7. The minimum Gasteiger partial charge on any atom is -0.462 e. The van der Waals surface area contributed by atoms with Gasteiger partial charge in [0.05, 0.1) is 0 Å². The Balaban J connectivity index is 4.24. The lowest BCUT2D eigenvalue weighted by Gasteiger charge is -2.18. The first-order valence-electron chi connectivity index (χ1n) is 32.7. The summed E-state index contributed by atoms with van der Waals surface area (Å²) in [5, 5.41) is 0. The first-order chi connectivity index (χ1) is 38.0. The van der Waals surface area contributed by atoms with Crippen molar-refractivity contribution >= 4 is 17.9 Å². The van der Waals surface area contributed by atoms with E-state index in [4.69, 9.17) is 14.2 Å². The van der Waals surface area contributed by atoms with Crippen LogP contribution in [0.2, 0.25) is 0 Å². The fourth-order valence-corrected chi connectivity index (χ4v) is 9.18. The third-order valence-electron chi connectivity index (χ3n) is 14.1. The number of carbonyl (C=O) groups is 3. The molecule has 0 spiro atoms. The molecular weight excluding hydrogens is 949 g/mol. The number of allylic oxidation sites excluding steroid dienone is 16. The Morgan fingerprint density at radius 2 is 0.506 bits per heavy atom. The van der Waals surface area contributed by atoms with Gasteiger partial charge in [-0.25, -0.2) is 0 Å². The summed E-state index contributed by atoms with van der Waals surface area (Å²) in [5.41, 5.74) is 0. The largest absolute Gasteiger partial charge is 0.462 e. The first kappa shape index (κ1) is 73.3. The number of ether oxygens (including phenoxy) is 3. The van der Waals surface area contributed by atoms with Crippen molar-refractivity contribution < 1.29 is 28.6 Å². The molecule has 1 unspecified atom stereocenters. The lowest BCUT2D eigenvalue weighted by atomic mass is 10.1. The number of esters is 3. The highest BCUT2D eigenvalue weighted by Gasteiger charge is 2.19. The van der Waals surface area contributed by atoms with Crippen LogP contribution < -0.4 is 0 Å². The average molecular weight is 1070 g/mol. The van der Waals surface area contributed by atoms with E-state index in [1.165, 1.54) is 167 Å². The highest BCUT2D eigenvalue weighted by Crippen LogP contribution is 2.16. The zero-order valence-electron chi connectivity index (χ0n) is 50.7. The van der Waals surface area contributed by atoms with Crippen LogP contribution in [0.25, 0.3) is 0 Å². The van der Waals surface area contributed by atoms with Crippen molar-refractivity contribution in [2.75, 3.05) is 13.2 Å². The molecule has 0 bridgehead atoms. The van der Waals surface area contributed by atoms with Gasteiger partial charge in [-0.3, -0.25) is 14.4 Å². The Kier molecular flexibility index (Phi) is 61.8. The summed E-state index contributed by atoms with van der Waals surface area (Å²) in [7, 11) is 0. The van der Waals surface area contributed by atoms with Crippen LogP contribution in [0, 0.1) is 0 Å². The van der Waals surface area contributed by atoms with E-state index in [1.54, 1.807) is 0 Å². The minimum atomic E-state index is -0.781. The van der Waals surface area contributed by atoms with E-state index >= 15 is 0 Å². The van der Waals surface area contributed by atoms with Gasteiger partial charge in [0.15, 0.2) is 6.10 Å². The second-order valence-corrected chi connectivity index (χ2v) is 21.6. The van der Waals surface area contributed by atoms with Crippen LogP contribution in [0.3, 0.4) is 0 Å². The number of hydrogen-bond acceptors (Lipinski definition) is 6. The number of hydrogen-bond donors (Lipinski definition) is 0. The van der Waals surface area contributed by atoms with Crippen molar-refractivity contribution in [2.24, 2.45) is 0 Å². The van der Waals surface area contributed by atoms with E-state index in [0.29, 0.717) is 19.3 Å². The Bertz CT molecular complexity index is 1510. The summed E-state index contributed by atoms with van der Waals surface area (Å²) in [6.45, 7) is 6.53. The molecule has 1 atom stereocenters. The lowest BCUT2D eigenvalue weighted by molar-refractivity contribution is -0.167.